The van der Waals surface area contributed by atoms with Crippen molar-refractivity contribution in [3.05, 3.63) is 95.8 Å². The molecular formula is C26H26N4O5. The molecule has 1 aliphatic heterocycles. The van der Waals surface area contributed by atoms with Crippen molar-refractivity contribution in [2.24, 2.45) is 14.1 Å². The fourth-order valence-electron chi connectivity index (χ4n) is 5.02. The number of hydrogen-bond donors (Lipinski definition) is 0. The highest BCUT2D eigenvalue weighted by molar-refractivity contribution is 5.97. The number of aryl methyl sites for hydroxylation is 3. The van der Waals surface area contributed by atoms with E-state index in [1.165, 1.54) is 23.2 Å². The first-order valence-corrected chi connectivity index (χ1v) is 11.5. The molecule has 0 amide bonds. The Bertz CT molecular complexity index is 1610. The van der Waals surface area contributed by atoms with Gasteiger partial charge >= 0.3 is 5.69 Å². The van der Waals surface area contributed by atoms with Crippen LogP contribution in [0.15, 0.2) is 52.1 Å². The number of hydrogen-bond acceptors (Lipinski definition) is 5. The maximum Gasteiger partial charge on any atom is 0.331 e. The van der Waals surface area contributed by atoms with E-state index in [0.717, 1.165) is 16.6 Å². The molecule has 0 bridgehead atoms. The fourth-order valence-corrected chi connectivity index (χ4v) is 5.02. The number of ether oxygens (including phenoxy) is 1. The summed E-state index contributed by atoms with van der Waals surface area (Å²) >= 11 is 0. The number of benzene rings is 2. The number of nitrogens with zero attached hydrogens (tertiary/aromatic N) is 4. The zero-order chi connectivity index (χ0) is 25.0. The lowest BCUT2D eigenvalue weighted by molar-refractivity contribution is -0.385. The summed E-state index contributed by atoms with van der Waals surface area (Å²) in [6.45, 7) is 4.61. The highest BCUT2D eigenvalue weighted by Crippen LogP contribution is 2.41. The Morgan fingerprint density at radius 1 is 1.09 bits per heavy atom. The zero-order valence-corrected chi connectivity index (χ0v) is 20.1. The Morgan fingerprint density at radius 3 is 2.46 bits per heavy atom. The van der Waals surface area contributed by atoms with Crippen molar-refractivity contribution in [2.75, 3.05) is 6.61 Å². The lowest BCUT2D eigenvalue weighted by atomic mass is 10.0. The van der Waals surface area contributed by atoms with Gasteiger partial charge in [0, 0.05) is 37.8 Å². The molecule has 0 spiro atoms. The van der Waals surface area contributed by atoms with Crippen LogP contribution in [0.25, 0.3) is 22.2 Å². The molecule has 0 fully saturated rings. The van der Waals surface area contributed by atoms with E-state index in [9.17, 15) is 19.7 Å². The first-order valence-electron chi connectivity index (χ1n) is 11.5. The van der Waals surface area contributed by atoms with Crippen LogP contribution in [0.1, 0.15) is 35.4 Å². The minimum Gasteiger partial charge on any atom is -0.365 e. The average molecular weight is 475 g/mol. The third-order valence-corrected chi connectivity index (χ3v) is 6.92. The van der Waals surface area contributed by atoms with Crippen molar-refractivity contribution in [1.29, 1.82) is 0 Å². The van der Waals surface area contributed by atoms with E-state index >= 15 is 0 Å². The molecule has 2 aromatic heterocycles. The predicted molar refractivity (Wildman–Crippen MR) is 133 cm³/mol. The molecule has 0 unspecified atom stereocenters. The van der Waals surface area contributed by atoms with Crippen molar-refractivity contribution >= 4 is 16.6 Å². The Balaban J connectivity index is 1.90. The molecule has 9 heteroatoms. The summed E-state index contributed by atoms with van der Waals surface area (Å²) < 4.78 is 10.7. The van der Waals surface area contributed by atoms with Crippen molar-refractivity contribution in [3.8, 4) is 11.3 Å². The second-order valence-corrected chi connectivity index (χ2v) is 8.92. The maximum atomic E-state index is 13.5. The monoisotopic (exact) mass is 474 g/mol. The van der Waals surface area contributed by atoms with Gasteiger partial charge in [0.25, 0.3) is 11.2 Å². The molecule has 35 heavy (non-hydrogen) atoms. The van der Waals surface area contributed by atoms with E-state index in [1.807, 2.05) is 28.8 Å². The molecule has 1 aliphatic rings. The summed E-state index contributed by atoms with van der Waals surface area (Å²) in [5.74, 6) is 0. The van der Waals surface area contributed by atoms with E-state index < -0.39 is 22.3 Å². The molecule has 2 aromatic carbocycles. The smallest absolute Gasteiger partial charge is 0.331 e. The largest absolute Gasteiger partial charge is 0.365 e. The fraction of sp³-hybridized carbons (Fsp3) is 0.308. The predicted octanol–water partition coefficient (Wildman–Crippen LogP) is 3.60. The van der Waals surface area contributed by atoms with E-state index in [-0.39, 0.29) is 5.69 Å². The highest BCUT2D eigenvalue weighted by Gasteiger charge is 2.33. The molecule has 0 aliphatic carbocycles. The van der Waals surface area contributed by atoms with Crippen LogP contribution in [0.4, 0.5) is 5.69 Å². The van der Waals surface area contributed by atoms with Crippen LogP contribution >= 0.6 is 0 Å². The summed E-state index contributed by atoms with van der Waals surface area (Å²) in [6.07, 6.45) is 0.412. The number of fused-ring (bicyclic) bond motifs is 3. The van der Waals surface area contributed by atoms with Crippen LogP contribution in [-0.4, -0.2) is 25.2 Å². The van der Waals surface area contributed by atoms with Crippen molar-refractivity contribution in [1.82, 2.24) is 13.7 Å². The van der Waals surface area contributed by atoms with Crippen LogP contribution < -0.4 is 11.2 Å². The van der Waals surface area contributed by atoms with Gasteiger partial charge in [-0.15, -0.1) is 0 Å². The number of nitro groups is 1. The lowest BCUT2D eigenvalue weighted by Crippen LogP contribution is -2.37. The van der Waals surface area contributed by atoms with E-state index in [4.69, 9.17) is 4.74 Å². The summed E-state index contributed by atoms with van der Waals surface area (Å²) in [7, 11) is 3.08. The van der Waals surface area contributed by atoms with Gasteiger partial charge in [-0.2, -0.15) is 0 Å². The van der Waals surface area contributed by atoms with E-state index in [2.05, 4.69) is 6.92 Å². The Kier molecular flexibility index (Phi) is 5.44. The summed E-state index contributed by atoms with van der Waals surface area (Å²) in [5.41, 5.74) is 4.04. The topological polar surface area (TPSA) is 101 Å². The minimum absolute atomic E-state index is 0.0217. The number of nitro benzene ring substituents is 1. The summed E-state index contributed by atoms with van der Waals surface area (Å²) in [4.78, 5) is 37.7. The van der Waals surface area contributed by atoms with Gasteiger partial charge in [0.05, 0.1) is 33.8 Å². The SMILES string of the molecule is CCc1ccc([C@H]2OCCn3c(-c4ccc(C)c([N+](=O)[O-])c4)c4c(=O)n(C)c(=O)n(C)c4c32)cc1. The minimum atomic E-state index is -0.496. The van der Waals surface area contributed by atoms with Crippen molar-refractivity contribution in [2.45, 2.75) is 32.9 Å². The van der Waals surface area contributed by atoms with Crippen molar-refractivity contribution in [3.63, 3.8) is 0 Å². The second-order valence-electron chi connectivity index (χ2n) is 8.92. The van der Waals surface area contributed by atoms with E-state index in [1.54, 1.807) is 26.1 Å². The first kappa shape index (κ1) is 22.8. The average Bonchev–Trinajstić information content (AvgIpc) is 3.22. The zero-order valence-electron chi connectivity index (χ0n) is 20.1. The molecule has 0 saturated heterocycles. The van der Waals surface area contributed by atoms with Gasteiger partial charge < -0.3 is 9.30 Å². The van der Waals surface area contributed by atoms with Gasteiger partial charge in [-0.25, -0.2) is 4.79 Å². The molecule has 5 rings (SSSR count). The molecule has 0 N–H and O–H groups in total. The standard InChI is InChI=1S/C26H26N4O5/c1-5-16-7-10-17(11-8-16)24-23-22-20(25(31)28(4)26(32)27(22)3)21(29(23)12-13-35-24)18-9-6-15(2)19(14-18)30(33)34/h6-11,14,24H,5,12-13H2,1-4H3/t24-/m1/s1. The Labute approximate surface area is 201 Å². The highest BCUT2D eigenvalue weighted by atomic mass is 16.6. The molecule has 180 valence electrons. The van der Waals surface area contributed by atoms with Crippen molar-refractivity contribution < 1.29 is 9.66 Å². The van der Waals surface area contributed by atoms with Gasteiger partial charge in [-0.1, -0.05) is 43.3 Å². The first-order chi connectivity index (χ1) is 16.7. The Morgan fingerprint density at radius 2 is 1.80 bits per heavy atom. The summed E-state index contributed by atoms with van der Waals surface area (Å²) in [6, 6.07) is 13.1. The normalized spacial score (nSPS) is 15.4. The number of rotatable bonds is 4. The van der Waals surface area contributed by atoms with Crippen LogP contribution in [-0.2, 0) is 31.8 Å². The molecule has 3 heterocycles. The molecule has 1 atom stereocenters. The maximum absolute atomic E-state index is 13.5. The lowest BCUT2D eigenvalue weighted by Gasteiger charge is -2.28. The second kappa shape index (κ2) is 8.35. The van der Waals surface area contributed by atoms with Gasteiger partial charge in [-0.05, 0) is 24.5 Å². The Hall–Kier alpha value is -3.98. The van der Waals surface area contributed by atoms with Crippen LogP contribution in [0.2, 0.25) is 0 Å². The third kappa shape index (κ3) is 3.42. The third-order valence-electron chi connectivity index (χ3n) is 6.92. The molecule has 0 radical (unpaired) electrons. The molecular weight excluding hydrogens is 448 g/mol. The van der Waals surface area contributed by atoms with Gasteiger partial charge in [0.2, 0.25) is 0 Å². The quantitative estimate of drug-likeness (QED) is 0.332. The van der Waals surface area contributed by atoms with Gasteiger partial charge in [0.1, 0.15) is 6.10 Å². The van der Waals surface area contributed by atoms with E-state index in [0.29, 0.717) is 46.6 Å². The van der Waals surface area contributed by atoms with Gasteiger partial charge in [0.15, 0.2) is 0 Å². The van der Waals surface area contributed by atoms with Crippen LogP contribution in [0.3, 0.4) is 0 Å². The van der Waals surface area contributed by atoms with Crippen LogP contribution in [0, 0.1) is 17.0 Å². The molecule has 9 nitrogen and oxygen atoms in total. The summed E-state index contributed by atoms with van der Waals surface area (Å²) in [5, 5.41) is 12.0. The van der Waals surface area contributed by atoms with Crippen LogP contribution in [0.5, 0.6) is 0 Å². The number of aromatic nitrogens is 3. The molecule has 0 saturated carbocycles. The molecule has 4 aromatic rings. The van der Waals surface area contributed by atoms with Gasteiger partial charge in [-0.3, -0.25) is 24.0 Å².